The number of hydrogen-bond donors (Lipinski definition) is 1. The molecule has 0 saturated carbocycles. The van der Waals surface area contributed by atoms with E-state index in [1.807, 2.05) is 24.3 Å². The number of benzene rings is 1. The zero-order chi connectivity index (χ0) is 10.4. The third kappa shape index (κ3) is 1.08. The third-order valence-corrected chi connectivity index (χ3v) is 3.07. The summed E-state index contributed by atoms with van der Waals surface area (Å²) in [5.41, 5.74) is 2.07. The largest absolute Gasteiger partial charge is 0.441 e. The average Bonchev–Trinajstić information content (AvgIpc) is 2.76. The number of aliphatic hydroxyl groups excluding tert-OH is 1. The van der Waals surface area contributed by atoms with Crippen LogP contribution in [0.4, 0.5) is 10.5 Å². The van der Waals surface area contributed by atoms with Gasteiger partial charge >= 0.3 is 6.09 Å². The standard InChI is InChI=1S/C11H11NO3/c13-6-10-9-5-7-3-1-2-4-8(7)12(9)11(14)15-10/h1-4,9-10,13H,5-6H2. The van der Waals surface area contributed by atoms with Gasteiger partial charge in [-0.15, -0.1) is 0 Å². The highest BCUT2D eigenvalue weighted by atomic mass is 16.6. The van der Waals surface area contributed by atoms with E-state index in [1.54, 1.807) is 4.90 Å². The van der Waals surface area contributed by atoms with E-state index in [1.165, 1.54) is 0 Å². The number of hydrogen-bond acceptors (Lipinski definition) is 3. The summed E-state index contributed by atoms with van der Waals surface area (Å²) in [6.07, 6.45) is 0.0431. The Morgan fingerprint density at radius 2 is 2.27 bits per heavy atom. The molecular weight excluding hydrogens is 194 g/mol. The van der Waals surface area contributed by atoms with Gasteiger partial charge in [0.15, 0.2) is 0 Å². The number of ether oxygens (including phenoxy) is 1. The van der Waals surface area contributed by atoms with Crippen LogP contribution in [0.25, 0.3) is 0 Å². The zero-order valence-electron chi connectivity index (χ0n) is 8.09. The molecule has 4 nitrogen and oxygen atoms in total. The molecule has 2 aliphatic rings. The Bertz CT molecular complexity index is 418. The summed E-state index contributed by atoms with van der Waals surface area (Å²) in [6, 6.07) is 7.76. The first-order valence-corrected chi connectivity index (χ1v) is 5.00. The molecule has 0 radical (unpaired) electrons. The second-order valence-electron chi connectivity index (χ2n) is 3.87. The number of aliphatic hydroxyl groups is 1. The lowest BCUT2D eigenvalue weighted by Crippen LogP contribution is -2.34. The van der Waals surface area contributed by atoms with Gasteiger partial charge in [0.05, 0.1) is 18.3 Å². The van der Waals surface area contributed by atoms with E-state index in [-0.39, 0.29) is 24.8 Å². The molecule has 1 aromatic rings. The van der Waals surface area contributed by atoms with Gasteiger partial charge in [0.1, 0.15) is 6.10 Å². The van der Waals surface area contributed by atoms with Crippen molar-refractivity contribution in [3.63, 3.8) is 0 Å². The van der Waals surface area contributed by atoms with Gasteiger partial charge in [-0.05, 0) is 18.1 Å². The predicted octanol–water partition coefficient (Wildman–Crippen LogP) is 0.929. The molecule has 1 amide bonds. The Hall–Kier alpha value is -1.55. The normalized spacial score (nSPS) is 27.5. The van der Waals surface area contributed by atoms with Crippen LogP contribution >= 0.6 is 0 Å². The predicted molar refractivity (Wildman–Crippen MR) is 53.8 cm³/mol. The fourth-order valence-electron chi connectivity index (χ4n) is 2.37. The molecule has 4 heteroatoms. The Labute approximate surface area is 87.1 Å². The summed E-state index contributed by atoms with van der Waals surface area (Å²) in [4.78, 5) is 13.2. The number of rotatable bonds is 1. The van der Waals surface area contributed by atoms with E-state index in [0.717, 1.165) is 17.7 Å². The van der Waals surface area contributed by atoms with Crippen molar-refractivity contribution in [1.29, 1.82) is 0 Å². The van der Waals surface area contributed by atoms with Crippen molar-refractivity contribution in [2.24, 2.45) is 0 Å². The first-order valence-electron chi connectivity index (χ1n) is 5.00. The van der Waals surface area contributed by atoms with Crippen molar-refractivity contribution < 1.29 is 14.6 Å². The molecule has 2 atom stereocenters. The molecule has 0 aromatic heterocycles. The van der Waals surface area contributed by atoms with E-state index >= 15 is 0 Å². The SMILES string of the molecule is O=C1OC(CO)C2Cc3ccccc3N12. The second-order valence-corrected chi connectivity index (χ2v) is 3.87. The molecule has 1 aromatic carbocycles. The van der Waals surface area contributed by atoms with Crippen LogP contribution in [0.15, 0.2) is 24.3 Å². The number of anilines is 1. The number of cyclic esters (lactones) is 1. The van der Waals surface area contributed by atoms with Crippen LogP contribution in [0.3, 0.4) is 0 Å². The molecule has 0 aliphatic carbocycles. The van der Waals surface area contributed by atoms with Gasteiger partial charge in [0, 0.05) is 0 Å². The molecule has 78 valence electrons. The minimum absolute atomic E-state index is 0.0279. The highest BCUT2D eigenvalue weighted by molar-refractivity contribution is 5.93. The fourth-order valence-corrected chi connectivity index (χ4v) is 2.37. The van der Waals surface area contributed by atoms with Crippen LogP contribution < -0.4 is 4.90 Å². The average molecular weight is 205 g/mol. The van der Waals surface area contributed by atoms with Crippen LogP contribution in [-0.2, 0) is 11.2 Å². The van der Waals surface area contributed by atoms with Gasteiger partial charge in [-0.2, -0.15) is 0 Å². The first-order chi connectivity index (χ1) is 7.31. The molecule has 1 saturated heterocycles. The summed E-state index contributed by atoms with van der Waals surface area (Å²) in [7, 11) is 0. The zero-order valence-corrected chi connectivity index (χ0v) is 8.09. The van der Waals surface area contributed by atoms with Crippen LogP contribution in [0.5, 0.6) is 0 Å². The van der Waals surface area contributed by atoms with Crippen molar-refractivity contribution in [3.8, 4) is 0 Å². The van der Waals surface area contributed by atoms with Crippen LogP contribution in [0.1, 0.15) is 5.56 Å². The number of carbonyl (C=O) groups excluding carboxylic acids is 1. The Morgan fingerprint density at radius 1 is 1.47 bits per heavy atom. The second kappa shape index (κ2) is 2.97. The maximum Gasteiger partial charge on any atom is 0.415 e. The number of carbonyl (C=O) groups is 1. The van der Waals surface area contributed by atoms with E-state index in [4.69, 9.17) is 9.84 Å². The van der Waals surface area contributed by atoms with Crippen LogP contribution in [0.2, 0.25) is 0 Å². The number of nitrogens with zero attached hydrogens (tertiary/aromatic N) is 1. The molecule has 0 bridgehead atoms. The monoisotopic (exact) mass is 205 g/mol. The van der Waals surface area contributed by atoms with Crippen molar-refractivity contribution in [2.45, 2.75) is 18.6 Å². The van der Waals surface area contributed by atoms with E-state index in [0.29, 0.717) is 0 Å². The topological polar surface area (TPSA) is 49.8 Å². The Morgan fingerprint density at radius 3 is 3.07 bits per heavy atom. The number of fused-ring (bicyclic) bond motifs is 3. The molecule has 2 heterocycles. The van der Waals surface area contributed by atoms with Gasteiger partial charge < -0.3 is 9.84 Å². The summed E-state index contributed by atoms with van der Waals surface area (Å²) in [6.45, 7) is -0.110. The summed E-state index contributed by atoms with van der Waals surface area (Å²) >= 11 is 0. The molecule has 2 aliphatic heterocycles. The van der Waals surface area contributed by atoms with Gasteiger partial charge in [-0.1, -0.05) is 18.2 Å². The fraction of sp³-hybridized carbons (Fsp3) is 0.364. The smallest absolute Gasteiger partial charge is 0.415 e. The molecule has 1 fully saturated rings. The van der Waals surface area contributed by atoms with Crippen molar-refractivity contribution in [3.05, 3.63) is 29.8 Å². The van der Waals surface area contributed by atoms with Crippen molar-refractivity contribution in [1.82, 2.24) is 0 Å². The number of amides is 1. The van der Waals surface area contributed by atoms with Crippen molar-refractivity contribution >= 4 is 11.8 Å². The Kier molecular flexibility index (Phi) is 1.73. The summed E-state index contributed by atoms with van der Waals surface area (Å²) in [5, 5.41) is 9.11. The summed E-state index contributed by atoms with van der Waals surface area (Å²) in [5.74, 6) is 0. The lowest BCUT2D eigenvalue weighted by Gasteiger charge is -2.14. The van der Waals surface area contributed by atoms with Gasteiger partial charge in [-0.25, -0.2) is 4.79 Å². The van der Waals surface area contributed by atoms with Crippen molar-refractivity contribution in [2.75, 3.05) is 11.5 Å². The van der Waals surface area contributed by atoms with Gasteiger partial charge in [-0.3, -0.25) is 4.90 Å². The quantitative estimate of drug-likeness (QED) is 0.742. The van der Waals surface area contributed by atoms with Gasteiger partial charge in [0.2, 0.25) is 0 Å². The van der Waals surface area contributed by atoms with Crippen LogP contribution in [0, 0.1) is 0 Å². The van der Waals surface area contributed by atoms with E-state index in [9.17, 15) is 4.79 Å². The molecule has 3 rings (SSSR count). The summed E-state index contributed by atoms with van der Waals surface area (Å²) < 4.78 is 5.07. The number of para-hydroxylation sites is 1. The molecule has 2 unspecified atom stereocenters. The Balaban J connectivity index is 2.04. The highest BCUT2D eigenvalue weighted by Crippen LogP contribution is 2.38. The first kappa shape index (κ1) is 8.73. The maximum atomic E-state index is 11.6. The van der Waals surface area contributed by atoms with E-state index < -0.39 is 0 Å². The lowest BCUT2D eigenvalue weighted by molar-refractivity contribution is 0.0830. The maximum absolute atomic E-state index is 11.6. The third-order valence-electron chi connectivity index (χ3n) is 3.07. The molecule has 1 N–H and O–H groups in total. The minimum atomic E-state index is -0.384. The minimum Gasteiger partial charge on any atom is -0.441 e. The van der Waals surface area contributed by atoms with Crippen LogP contribution in [-0.4, -0.2) is 30.0 Å². The molecule has 0 spiro atoms. The molecular formula is C11H11NO3. The lowest BCUT2D eigenvalue weighted by atomic mass is 10.1. The molecule has 15 heavy (non-hydrogen) atoms. The highest BCUT2D eigenvalue weighted by Gasteiger charge is 2.46. The van der Waals surface area contributed by atoms with Gasteiger partial charge in [0.25, 0.3) is 0 Å². The van der Waals surface area contributed by atoms with E-state index in [2.05, 4.69) is 0 Å².